The summed E-state index contributed by atoms with van der Waals surface area (Å²) in [5.41, 5.74) is 5.28. The average molecular weight is 365 g/mol. The minimum absolute atomic E-state index is 0.134. The molecule has 0 bridgehead atoms. The number of benzene rings is 1. The summed E-state index contributed by atoms with van der Waals surface area (Å²) in [5.74, 6) is 1.33. The van der Waals surface area contributed by atoms with Gasteiger partial charge in [0.2, 0.25) is 0 Å². The SMILES string of the molecule is CCN(CC)C(=O)Nc1cc(C)nn1-c1cc(C)c2cc(C)cc(C)c2n1. The number of urea groups is 1. The first kappa shape index (κ1) is 18.9. The van der Waals surface area contributed by atoms with Gasteiger partial charge >= 0.3 is 6.03 Å². The van der Waals surface area contributed by atoms with E-state index in [4.69, 9.17) is 4.98 Å². The Morgan fingerprint density at radius 1 is 1.04 bits per heavy atom. The summed E-state index contributed by atoms with van der Waals surface area (Å²) < 4.78 is 1.71. The second-order valence-corrected chi connectivity index (χ2v) is 6.96. The van der Waals surface area contributed by atoms with Crippen LogP contribution in [0.5, 0.6) is 0 Å². The molecule has 3 rings (SSSR count). The Morgan fingerprint density at radius 2 is 1.74 bits per heavy atom. The Kier molecular flexibility index (Phi) is 5.17. The molecule has 1 N–H and O–H groups in total. The van der Waals surface area contributed by atoms with Gasteiger partial charge in [-0.25, -0.2) is 9.78 Å². The van der Waals surface area contributed by atoms with Crippen molar-refractivity contribution >= 4 is 22.8 Å². The van der Waals surface area contributed by atoms with Crippen LogP contribution in [-0.4, -0.2) is 38.8 Å². The molecule has 3 aromatic rings. The number of hydrogen-bond acceptors (Lipinski definition) is 3. The van der Waals surface area contributed by atoms with Crippen molar-refractivity contribution in [1.29, 1.82) is 0 Å². The first-order chi connectivity index (χ1) is 12.8. The number of hydrogen-bond donors (Lipinski definition) is 1. The number of aryl methyl sites for hydroxylation is 4. The van der Waals surface area contributed by atoms with Gasteiger partial charge in [-0.1, -0.05) is 11.6 Å². The molecule has 1 aromatic carbocycles. The molecule has 2 aromatic heterocycles. The fourth-order valence-electron chi connectivity index (χ4n) is 3.40. The number of carbonyl (C=O) groups excluding carboxylic acids is 1. The number of pyridine rings is 1. The van der Waals surface area contributed by atoms with Gasteiger partial charge in [0.05, 0.1) is 11.2 Å². The van der Waals surface area contributed by atoms with Crippen LogP contribution in [0.3, 0.4) is 0 Å². The van der Waals surface area contributed by atoms with Crippen molar-refractivity contribution in [1.82, 2.24) is 19.7 Å². The zero-order valence-corrected chi connectivity index (χ0v) is 16.9. The van der Waals surface area contributed by atoms with Gasteiger partial charge in [-0.15, -0.1) is 0 Å². The van der Waals surface area contributed by atoms with Gasteiger partial charge in [0.1, 0.15) is 5.82 Å². The molecule has 2 heterocycles. The van der Waals surface area contributed by atoms with Gasteiger partial charge in [0.15, 0.2) is 5.82 Å². The molecule has 0 saturated heterocycles. The maximum Gasteiger partial charge on any atom is 0.322 e. The van der Waals surface area contributed by atoms with E-state index in [-0.39, 0.29) is 6.03 Å². The van der Waals surface area contributed by atoms with Gasteiger partial charge in [-0.05, 0) is 64.8 Å². The second-order valence-electron chi connectivity index (χ2n) is 6.96. The Hall–Kier alpha value is -2.89. The molecule has 2 amide bonds. The molecule has 0 fully saturated rings. The first-order valence-electron chi connectivity index (χ1n) is 9.35. The molecule has 0 saturated carbocycles. The highest BCUT2D eigenvalue weighted by Crippen LogP contribution is 2.26. The van der Waals surface area contributed by atoms with Gasteiger partial charge in [-0.2, -0.15) is 9.78 Å². The van der Waals surface area contributed by atoms with Gasteiger partial charge < -0.3 is 4.90 Å². The van der Waals surface area contributed by atoms with E-state index in [1.54, 1.807) is 9.58 Å². The van der Waals surface area contributed by atoms with Gasteiger partial charge in [0, 0.05) is 24.5 Å². The van der Waals surface area contributed by atoms with E-state index in [0.29, 0.717) is 24.7 Å². The van der Waals surface area contributed by atoms with E-state index >= 15 is 0 Å². The number of anilines is 1. The molecule has 0 unspecified atom stereocenters. The van der Waals surface area contributed by atoms with Crippen LogP contribution in [0.25, 0.3) is 16.7 Å². The van der Waals surface area contributed by atoms with Crippen LogP contribution in [0, 0.1) is 27.7 Å². The summed E-state index contributed by atoms with van der Waals surface area (Å²) in [7, 11) is 0. The number of aromatic nitrogens is 3. The van der Waals surface area contributed by atoms with E-state index in [0.717, 1.165) is 27.7 Å². The van der Waals surface area contributed by atoms with Crippen LogP contribution in [0.2, 0.25) is 0 Å². The summed E-state index contributed by atoms with van der Waals surface area (Å²) in [6, 6.07) is 8.04. The molecule has 142 valence electrons. The molecule has 0 aliphatic rings. The number of carbonyl (C=O) groups is 1. The molecule has 27 heavy (non-hydrogen) atoms. The molecule has 0 aliphatic heterocycles. The van der Waals surface area contributed by atoms with Crippen molar-refractivity contribution in [2.75, 3.05) is 18.4 Å². The quantitative estimate of drug-likeness (QED) is 0.739. The molecule has 0 aliphatic carbocycles. The summed E-state index contributed by atoms with van der Waals surface area (Å²) in [5, 5.41) is 8.68. The molecule has 0 radical (unpaired) electrons. The Balaban J connectivity index is 2.08. The third-order valence-corrected chi connectivity index (χ3v) is 4.78. The smallest absolute Gasteiger partial charge is 0.322 e. The van der Waals surface area contributed by atoms with Crippen molar-refractivity contribution in [3.8, 4) is 5.82 Å². The van der Waals surface area contributed by atoms with E-state index in [2.05, 4.69) is 43.3 Å². The molecular formula is C21H27N5O. The fraction of sp³-hybridized carbons (Fsp3) is 0.381. The van der Waals surface area contributed by atoms with Crippen molar-refractivity contribution in [3.05, 3.63) is 46.6 Å². The highest BCUT2D eigenvalue weighted by atomic mass is 16.2. The van der Waals surface area contributed by atoms with Crippen LogP contribution >= 0.6 is 0 Å². The number of amides is 2. The summed E-state index contributed by atoms with van der Waals surface area (Å²) in [6.45, 7) is 13.4. The van der Waals surface area contributed by atoms with E-state index in [1.807, 2.05) is 32.9 Å². The minimum Gasteiger partial charge on any atom is -0.325 e. The predicted molar refractivity (Wildman–Crippen MR) is 110 cm³/mol. The van der Waals surface area contributed by atoms with Crippen LogP contribution in [-0.2, 0) is 0 Å². The van der Waals surface area contributed by atoms with Crippen LogP contribution in [0.15, 0.2) is 24.3 Å². The Morgan fingerprint density at radius 3 is 2.41 bits per heavy atom. The zero-order chi connectivity index (χ0) is 19.7. The topological polar surface area (TPSA) is 63.1 Å². The van der Waals surface area contributed by atoms with Crippen LogP contribution in [0.1, 0.15) is 36.2 Å². The van der Waals surface area contributed by atoms with Gasteiger partial charge in [-0.3, -0.25) is 5.32 Å². The monoisotopic (exact) mass is 365 g/mol. The van der Waals surface area contributed by atoms with E-state index in [1.165, 1.54) is 5.56 Å². The second kappa shape index (κ2) is 7.39. The zero-order valence-electron chi connectivity index (χ0n) is 16.9. The largest absolute Gasteiger partial charge is 0.325 e. The van der Waals surface area contributed by atoms with Crippen molar-refractivity contribution in [2.45, 2.75) is 41.5 Å². The lowest BCUT2D eigenvalue weighted by atomic mass is 10.0. The normalized spacial score (nSPS) is 11.0. The lowest BCUT2D eigenvalue weighted by Crippen LogP contribution is -2.35. The first-order valence-corrected chi connectivity index (χ1v) is 9.35. The molecule has 6 nitrogen and oxygen atoms in total. The standard InChI is InChI=1S/C21H27N5O/c1-7-25(8-2)21(27)23-19-12-16(6)24-26(19)18-11-14(4)17-10-13(3)9-15(5)20(17)22-18/h9-12H,7-8H2,1-6H3,(H,23,27). The highest BCUT2D eigenvalue weighted by molar-refractivity contribution is 5.89. The number of rotatable bonds is 4. The summed E-state index contributed by atoms with van der Waals surface area (Å²) in [6.07, 6.45) is 0. The van der Waals surface area contributed by atoms with Crippen molar-refractivity contribution in [3.63, 3.8) is 0 Å². The fourth-order valence-corrected chi connectivity index (χ4v) is 3.40. The Bertz CT molecular complexity index is 1000. The minimum atomic E-state index is -0.134. The molecule has 0 spiro atoms. The van der Waals surface area contributed by atoms with Crippen LogP contribution < -0.4 is 5.32 Å². The van der Waals surface area contributed by atoms with Crippen molar-refractivity contribution < 1.29 is 4.79 Å². The molecule has 6 heteroatoms. The van der Waals surface area contributed by atoms with E-state index < -0.39 is 0 Å². The van der Waals surface area contributed by atoms with Crippen LogP contribution in [0.4, 0.5) is 10.6 Å². The predicted octanol–water partition coefficient (Wildman–Crippen LogP) is 4.53. The highest BCUT2D eigenvalue weighted by Gasteiger charge is 2.16. The third kappa shape index (κ3) is 3.65. The lowest BCUT2D eigenvalue weighted by Gasteiger charge is -2.19. The average Bonchev–Trinajstić information content (AvgIpc) is 2.97. The molecule has 0 atom stereocenters. The summed E-state index contributed by atoms with van der Waals surface area (Å²) >= 11 is 0. The number of nitrogens with one attached hydrogen (secondary N) is 1. The summed E-state index contributed by atoms with van der Waals surface area (Å²) in [4.78, 5) is 19.1. The lowest BCUT2D eigenvalue weighted by molar-refractivity contribution is 0.217. The number of fused-ring (bicyclic) bond motifs is 1. The maximum atomic E-state index is 12.5. The Labute approximate surface area is 160 Å². The van der Waals surface area contributed by atoms with Crippen molar-refractivity contribution in [2.24, 2.45) is 0 Å². The van der Waals surface area contributed by atoms with Gasteiger partial charge in [0.25, 0.3) is 0 Å². The third-order valence-electron chi connectivity index (χ3n) is 4.78. The van der Waals surface area contributed by atoms with E-state index in [9.17, 15) is 4.79 Å². The number of nitrogens with zero attached hydrogens (tertiary/aromatic N) is 4. The molecular weight excluding hydrogens is 338 g/mol. The maximum absolute atomic E-state index is 12.5.